The Morgan fingerprint density at radius 2 is 2.06 bits per heavy atom. The maximum Gasteiger partial charge on any atom is 0.0691 e. The van der Waals surface area contributed by atoms with Crippen LogP contribution in [0.1, 0.15) is 46.5 Å². The monoisotopic (exact) mass is 238 g/mol. The molecule has 0 aromatic carbocycles. The Bertz CT molecular complexity index is 262. The third-order valence-corrected chi connectivity index (χ3v) is 3.47. The lowest BCUT2D eigenvalue weighted by Crippen LogP contribution is -2.60. The number of terminal acetylenes is 1. The summed E-state index contributed by atoms with van der Waals surface area (Å²) in [6, 6.07) is 0.126. The molecule has 1 saturated heterocycles. The molecule has 1 rings (SSSR count). The third-order valence-electron chi connectivity index (χ3n) is 3.47. The van der Waals surface area contributed by atoms with Crippen molar-refractivity contribution >= 4 is 0 Å². The summed E-state index contributed by atoms with van der Waals surface area (Å²) in [4.78, 5) is 0. The van der Waals surface area contributed by atoms with Gasteiger partial charge in [0.2, 0.25) is 0 Å². The number of rotatable bonds is 5. The standard InChI is InChI=1S/C14H26N2O/c1-5-7-13(6-2)16-14(10-15)8-11(3)17-12(4)9-14/h2,11-13,16H,5,7-10,15H2,1,3-4H3. The van der Waals surface area contributed by atoms with E-state index in [4.69, 9.17) is 16.9 Å². The quantitative estimate of drug-likeness (QED) is 0.716. The molecule has 3 nitrogen and oxygen atoms in total. The van der Waals surface area contributed by atoms with E-state index in [1.54, 1.807) is 0 Å². The van der Waals surface area contributed by atoms with Crippen molar-refractivity contribution in [3.05, 3.63) is 0 Å². The molecule has 0 saturated carbocycles. The van der Waals surface area contributed by atoms with Crippen molar-refractivity contribution in [2.24, 2.45) is 5.73 Å². The summed E-state index contributed by atoms with van der Waals surface area (Å²) in [5.41, 5.74) is 5.92. The molecular weight excluding hydrogens is 212 g/mol. The largest absolute Gasteiger partial charge is 0.375 e. The Hall–Kier alpha value is -0.560. The van der Waals surface area contributed by atoms with Crippen LogP contribution in [0.3, 0.4) is 0 Å². The van der Waals surface area contributed by atoms with Crippen LogP contribution in [0.5, 0.6) is 0 Å². The van der Waals surface area contributed by atoms with Crippen molar-refractivity contribution in [3.8, 4) is 12.3 Å². The van der Waals surface area contributed by atoms with Crippen LogP contribution in [0.4, 0.5) is 0 Å². The van der Waals surface area contributed by atoms with Gasteiger partial charge < -0.3 is 10.5 Å². The first kappa shape index (κ1) is 14.5. The maximum atomic E-state index is 5.98. The predicted molar refractivity (Wildman–Crippen MR) is 71.7 cm³/mol. The molecule has 1 heterocycles. The lowest BCUT2D eigenvalue weighted by molar-refractivity contribution is -0.0683. The van der Waals surface area contributed by atoms with Crippen LogP contribution in [0.15, 0.2) is 0 Å². The van der Waals surface area contributed by atoms with Crippen LogP contribution >= 0.6 is 0 Å². The predicted octanol–water partition coefficient (Wildman–Crippen LogP) is 1.66. The molecule has 0 bridgehead atoms. The van der Waals surface area contributed by atoms with E-state index in [0.29, 0.717) is 6.54 Å². The van der Waals surface area contributed by atoms with E-state index < -0.39 is 0 Å². The molecule has 17 heavy (non-hydrogen) atoms. The molecular formula is C14H26N2O. The Morgan fingerprint density at radius 1 is 1.47 bits per heavy atom. The average Bonchev–Trinajstić information content (AvgIpc) is 2.27. The van der Waals surface area contributed by atoms with Gasteiger partial charge in [0.25, 0.3) is 0 Å². The van der Waals surface area contributed by atoms with Crippen LogP contribution in [0.2, 0.25) is 0 Å². The van der Waals surface area contributed by atoms with E-state index >= 15 is 0 Å². The Morgan fingerprint density at radius 3 is 2.47 bits per heavy atom. The molecule has 3 N–H and O–H groups in total. The smallest absolute Gasteiger partial charge is 0.0691 e. The fraction of sp³-hybridized carbons (Fsp3) is 0.857. The number of ether oxygens (including phenoxy) is 1. The van der Waals surface area contributed by atoms with Crippen molar-refractivity contribution in [1.29, 1.82) is 0 Å². The summed E-state index contributed by atoms with van der Waals surface area (Å²) in [5, 5.41) is 3.59. The second-order valence-electron chi connectivity index (χ2n) is 5.30. The molecule has 0 radical (unpaired) electrons. The van der Waals surface area contributed by atoms with Gasteiger partial charge in [0.15, 0.2) is 0 Å². The first-order chi connectivity index (χ1) is 8.05. The van der Waals surface area contributed by atoms with Crippen molar-refractivity contribution in [1.82, 2.24) is 5.32 Å². The van der Waals surface area contributed by atoms with Gasteiger partial charge in [-0.15, -0.1) is 6.42 Å². The Labute approximate surface area is 105 Å². The zero-order valence-electron chi connectivity index (χ0n) is 11.3. The summed E-state index contributed by atoms with van der Waals surface area (Å²) in [7, 11) is 0. The number of hydrogen-bond acceptors (Lipinski definition) is 3. The minimum atomic E-state index is -0.0523. The molecule has 1 aliphatic rings. The fourth-order valence-corrected chi connectivity index (χ4v) is 2.88. The number of nitrogens with one attached hydrogen (secondary N) is 1. The fourth-order valence-electron chi connectivity index (χ4n) is 2.88. The van der Waals surface area contributed by atoms with Gasteiger partial charge in [0.05, 0.1) is 18.2 Å². The third kappa shape index (κ3) is 3.99. The SMILES string of the molecule is C#CC(CCC)NC1(CN)CC(C)OC(C)C1. The van der Waals surface area contributed by atoms with Gasteiger partial charge in [-0.1, -0.05) is 19.3 Å². The minimum absolute atomic E-state index is 0.0523. The zero-order chi connectivity index (χ0) is 12.9. The van der Waals surface area contributed by atoms with Crippen molar-refractivity contribution in [2.45, 2.75) is 70.2 Å². The number of nitrogens with two attached hydrogens (primary N) is 1. The van der Waals surface area contributed by atoms with Crippen molar-refractivity contribution in [2.75, 3.05) is 6.54 Å². The highest BCUT2D eigenvalue weighted by Gasteiger charge is 2.38. The van der Waals surface area contributed by atoms with Gasteiger partial charge in [-0.05, 0) is 33.1 Å². The van der Waals surface area contributed by atoms with E-state index in [0.717, 1.165) is 25.7 Å². The Kier molecular flexibility index (Phi) is 5.45. The molecule has 3 atom stereocenters. The molecule has 3 heteroatoms. The van der Waals surface area contributed by atoms with Gasteiger partial charge >= 0.3 is 0 Å². The minimum Gasteiger partial charge on any atom is -0.375 e. The molecule has 98 valence electrons. The molecule has 0 amide bonds. The van der Waals surface area contributed by atoms with Gasteiger partial charge in [0.1, 0.15) is 0 Å². The lowest BCUT2D eigenvalue weighted by Gasteiger charge is -2.44. The first-order valence-electron chi connectivity index (χ1n) is 6.64. The first-order valence-corrected chi connectivity index (χ1v) is 6.64. The Balaban J connectivity index is 2.70. The average molecular weight is 238 g/mol. The van der Waals surface area contributed by atoms with Crippen LogP contribution < -0.4 is 11.1 Å². The van der Waals surface area contributed by atoms with Gasteiger partial charge in [-0.3, -0.25) is 5.32 Å². The summed E-state index contributed by atoms with van der Waals surface area (Å²) in [5.74, 6) is 2.83. The highest BCUT2D eigenvalue weighted by Crippen LogP contribution is 2.28. The summed E-state index contributed by atoms with van der Waals surface area (Å²) < 4.78 is 5.77. The second-order valence-corrected chi connectivity index (χ2v) is 5.30. The number of hydrogen-bond donors (Lipinski definition) is 2. The maximum absolute atomic E-state index is 5.98. The molecule has 1 fully saturated rings. The molecule has 1 aliphatic heterocycles. The molecule has 0 spiro atoms. The van der Waals surface area contributed by atoms with Gasteiger partial charge in [-0.25, -0.2) is 0 Å². The van der Waals surface area contributed by atoms with E-state index in [2.05, 4.69) is 32.0 Å². The normalized spacial score (nSPS) is 35.2. The van der Waals surface area contributed by atoms with Crippen LogP contribution in [0, 0.1) is 12.3 Å². The lowest BCUT2D eigenvalue weighted by atomic mass is 9.83. The van der Waals surface area contributed by atoms with Crippen LogP contribution in [0.25, 0.3) is 0 Å². The van der Waals surface area contributed by atoms with Crippen molar-refractivity contribution < 1.29 is 4.74 Å². The topological polar surface area (TPSA) is 47.3 Å². The highest BCUT2D eigenvalue weighted by atomic mass is 16.5. The van der Waals surface area contributed by atoms with Gasteiger partial charge in [0, 0.05) is 12.1 Å². The summed E-state index contributed by atoms with van der Waals surface area (Å²) in [6.45, 7) is 6.97. The molecule has 0 aromatic rings. The zero-order valence-corrected chi connectivity index (χ0v) is 11.3. The van der Waals surface area contributed by atoms with E-state index in [-0.39, 0.29) is 23.8 Å². The molecule has 0 aliphatic carbocycles. The molecule has 3 unspecified atom stereocenters. The van der Waals surface area contributed by atoms with Crippen LogP contribution in [-0.2, 0) is 4.74 Å². The van der Waals surface area contributed by atoms with E-state index in [1.165, 1.54) is 0 Å². The van der Waals surface area contributed by atoms with E-state index in [9.17, 15) is 0 Å². The van der Waals surface area contributed by atoms with Crippen LogP contribution in [-0.4, -0.2) is 30.3 Å². The highest BCUT2D eigenvalue weighted by molar-refractivity contribution is 5.05. The second kappa shape index (κ2) is 6.39. The summed E-state index contributed by atoms with van der Waals surface area (Å²) in [6.07, 6.45) is 10.0. The van der Waals surface area contributed by atoms with E-state index in [1.807, 2.05) is 0 Å². The molecule has 0 aromatic heterocycles. The summed E-state index contributed by atoms with van der Waals surface area (Å²) >= 11 is 0. The van der Waals surface area contributed by atoms with Crippen molar-refractivity contribution in [3.63, 3.8) is 0 Å². The van der Waals surface area contributed by atoms with Gasteiger partial charge in [-0.2, -0.15) is 0 Å².